The normalized spacial score (nSPS) is 12.2. The number of amides is 1. The number of anilines is 2. The van der Waals surface area contributed by atoms with Gasteiger partial charge in [-0.25, -0.2) is 14.8 Å². The second-order valence-electron chi connectivity index (χ2n) is 9.15. The zero-order chi connectivity index (χ0) is 29.6. The number of hydrogen-bond acceptors (Lipinski definition) is 7. The van der Waals surface area contributed by atoms with Crippen LogP contribution in [0, 0.1) is 6.92 Å². The molecule has 0 saturated carbocycles. The Kier molecular flexibility index (Phi) is 9.66. The number of fused-ring (bicyclic) bond motifs is 1. The summed E-state index contributed by atoms with van der Waals surface area (Å²) in [5.74, 6) is 1.43. The molecule has 1 amide bonds. The first-order chi connectivity index (χ1) is 19.5. The highest BCUT2D eigenvalue weighted by atomic mass is 79.9. The van der Waals surface area contributed by atoms with E-state index < -0.39 is 23.9 Å². The number of hydrogen-bond donors (Lipinski definition) is 2. The first-order valence-corrected chi connectivity index (χ1v) is 13.4. The summed E-state index contributed by atoms with van der Waals surface area (Å²) in [6.45, 7) is 4.11. The SMILES string of the molecule is COCCOc1cc2c(N[C@H](C)c3cc(NC(=O)OCc4ccccc4)cc(C(F)(F)F)c3)nc(C)nc2cc1Br. The fraction of sp³-hybridized carbons (Fsp3) is 0.276. The third kappa shape index (κ3) is 8.08. The molecule has 1 heterocycles. The Bertz CT molecular complexity index is 1520. The lowest BCUT2D eigenvalue weighted by Crippen LogP contribution is -2.16. The number of carbonyl (C=O) groups excluding carboxylic acids is 1. The highest BCUT2D eigenvalue weighted by Gasteiger charge is 2.32. The van der Waals surface area contributed by atoms with Crippen molar-refractivity contribution < 1.29 is 32.2 Å². The summed E-state index contributed by atoms with van der Waals surface area (Å²) in [6, 6.07) is 15.2. The standard InChI is InChI=1S/C29H28BrF3N4O4/c1-17(34-27-23-14-26(40-10-9-39-3)24(30)15-25(23)35-18(2)36-27)20-11-21(29(31,32)33)13-22(12-20)37-28(38)41-16-19-7-5-4-6-8-19/h4-8,11-15,17H,9-10,16H2,1-3H3,(H,37,38)(H,34,35,36)/t17-/m1/s1. The molecule has 0 saturated heterocycles. The van der Waals surface area contributed by atoms with Gasteiger partial charge in [0.05, 0.1) is 28.2 Å². The average Bonchev–Trinajstić information content (AvgIpc) is 2.92. The van der Waals surface area contributed by atoms with Crippen LogP contribution in [0.1, 0.15) is 35.5 Å². The molecule has 1 atom stereocenters. The number of rotatable bonds is 10. The highest BCUT2D eigenvalue weighted by molar-refractivity contribution is 9.10. The van der Waals surface area contributed by atoms with E-state index >= 15 is 0 Å². The van der Waals surface area contributed by atoms with Gasteiger partial charge in [0, 0.05) is 18.2 Å². The van der Waals surface area contributed by atoms with E-state index in [0.29, 0.717) is 46.0 Å². The topological polar surface area (TPSA) is 94.6 Å². The van der Waals surface area contributed by atoms with E-state index in [4.69, 9.17) is 14.2 Å². The minimum Gasteiger partial charge on any atom is -0.490 e. The van der Waals surface area contributed by atoms with Crippen molar-refractivity contribution in [2.75, 3.05) is 31.0 Å². The molecule has 4 aromatic rings. The van der Waals surface area contributed by atoms with Crippen molar-refractivity contribution in [2.24, 2.45) is 0 Å². The largest absolute Gasteiger partial charge is 0.490 e. The van der Waals surface area contributed by atoms with Crippen LogP contribution >= 0.6 is 15.9 Å². The number of halogens is 4. The van der Waals surface area contributed by atoms with Crippen molar-refractivity contribution in [1.82, 2.24) is 9.97 Å². The predicted molar refractivity (Wildman–Crippen MR) is 153 cm³/mol. The van der Waals surface area contributed by atoms with Gasteiger partial charge in [-0.05, 0) is 71.2 Å². The zero-order valence-corrected chi connectivity index (χ0v) is 24.1. The molecule has 216 valence electrons. The molecule has 1 aromatic heterocycles. The van der Waals surface area contributed by atoms with Gasteiger partial charge in [-0.15, -0.1) is 0 Å². The van der Waals surface area contributed by atoms with Gasteiger partial charge in [-0.1, -0.05) is 30.3 Å². The fourth-order valence-electron chi connectivity index (χ4n) is 4.00. The van der Waals surface area contributed by atoms with Gasteiger partial charge in [0.1, 0.15) is 30.6 Å². The van der Waals surface area contributed by atoms with Crippen LogP contribution in [0.25, 0.3) is 10.9 Å². The smallest absolute Gasteiger partial charge is 0.416 e. The average molecular weight is 633 g/mol. The molecule has 2 N–H and O–H groups in total. The molecule has 8 nitrogen and oxygen atoms in total. The highest BCUT2D eigenvalue weighted by Crippen LogP contribution is 2.36. The Labute approximate surface area is 243 Å². The molecule has 0 aliphatic heterocycles. The molecule has 0 aliphatic carbocycles. The summed E-state index contributed by atoms with van der Waals surface area (Å²) in [7, 11) is 1.57. The van der Waals surface area contributed by atoms with Gasteiger partial charge >= 0.3 is 12.3 Å². The lowest BCUT2D eigenvalue weighted by Gasteiger charge is -2.20. The van der Waals surface area contributed by atoms with E-state index in [1.165, 1.54) is 6.07 Å². The number of nitrogens with zero attached hydrogens (tertiary/aromatic N) is 2. The van der Waals surface area contributed by atoms with Crippen LogP contribution < -0.4 is 15.4 Å². The first kappa shape index (κ1) is 30.1. The van der Waals surface area contributed by atoms with Gasteiger partial charge in [0.25, 0.3) is 0 Å². The van der Waals surface area contributed by atoms with Gasteiger partial charge < -0.3 is 19.5 Å². The molecule has 3 aromatic carbocycles. The van der Waals surface area contributed by atoms with E-state index in [1.807, 2.05) is 6.07 Å². The van der Waals surface area contributed by atoms with E-state index in [1.54, 1.807) is 57.4 Å². The molecule has 0 fully saturated rings. The Hall–Kier alpha value is -3.90. The van der Waals surface area contributed by atoms with Gasteiger partial charge in [0.15, 0.2) is 0 Å². The Morgan fingerprint density at radius 3 is 2.51 bits per heavy atom. The molecule has 41 heavy (non-hydrogen) atoms. The van der Waals surface area contributed by atoms with Crippen molar-refractivity contribution in [3.8, 4) is 5.75 Å². The maximum Gasteiger partial charge on any atom is 0.416 e. The van der Waals surface area contributed by atoms with E-state index in [9.17, 15) is 18.0 Å². The third-order valence-electron chi connectivity index (χ3n) is 6.00. The lowest BCUT2D eigenvalue weighted by molar-refractivity contribution is -0.137. The molecule has 4 rings (SSSR count). The summed E-state index contributed by atoms with van der Waals surface area (Å²) in [5, 5.41) is 6.24. The summed E-state index contributed by atoms with van der Waals surface area (Å²) in [5.41, 5.74) is 0.672. The number of benzene rings is 3. The Morgan fingerprint density at radius 2 is 1.80 bits per heavy atom. The predicted octanol–water partition coefficient (Wildman–Crippen LogP) is 7.67. The number of aromatic nitrogens is 2. The Morgan fingerprint density at radius 1 is 1.05 bits per heavy atom. The minimum atomic E-state index is -4.64. The minimum absolute atomic E-state index is 0.0239. The summed E-state index contributed by atoms with van der Waals surface area (Å²) in [6.07, 6.45) is -5.51. The summed E-state index contributed by atoms with van der Waals surface area (Å²) < 4.78 is 58.1. The molecule has 0 aliphatic rings. The molecular weight excluding hydrogens is 605 g/mol. The maximum atomic E-state index is 13.8. The van der Waals surface area contributed by atoms with Crippen molar-refractivity contribution in [3.05, 3.63) is 87.7 Å². The molecule has 12 heteroatoms. The summed E-state index contributed by atoms with van der Waals surface area (Å²) in [4.78, 5) is 21.4. The monoisotopic (exact) mass is 632 g/mol. The quantitative estimate of drug-likeness (QED) is 0.173. The summed E-state index contributed by atoms with van der Waals surface area (Å²) >= 11 is 3.49. The zero-order valence-electron chi connectivity index (χ0n) is 22.5. The van der Waals surface area contributed by atoms with Crippen molar-refractivity contribution in [3.63, 3.8) is 0 Å². The Balaban J connectivity index is 1.60. The maximum absolute atomic E-state index is 13.8. The van der Waals surface area contributed by atoms with Crippen LogP contribution in [-0.2, 0) is 22.3 Å². The lowest BCUT2D eigenvalue weighted by atomic mass is 10.0. The van der Waals surface area contributed by atoms with E-state index in [2.05, 4.69) is 36.5 Å². The van der Waals surface area contributed by atoms with Crippen LogP contribution in [0.4, 0.5) is 29.5 Å². The molecular formula is C29H28BrF3N4O4. The van der Waals surface area contributed by atoms with E-state index in [0.717, 1.165) is 17.7 Å². The number of ether oxygens (including phenoxy) is 3. The molecule has 0 unspecified atom stereocenters. The second kappa shape index (κ2) is 13.2. The van der Waals surface area contributed by atoms with E-state index in [-0.39, 0.29) is 17.9 Å². The first-order valence-electron chi connectivity index (χ1n) is 12.6. The van der Waals surface area contributed by atoms with Crippen LogP contribution in [0.2, 0.25) is 0 Å². The number of nitrogens with one attached hydrogen (secondary N) is 2. The fourth-order valence-corrected chi connectivity index (χ4v) is 4.45. The van der Waals surface area contributed by atoms with Crippen molar-refractivity contribution in [1.29, 1.82) is 0 Å². The number of methoxy groups -OCH3 is 1. The van der Waals surface area contributed by atoms with Crippen LogP contribution in [0.15, 0.2) is 65.1 Å². The van der Waals surface area contributed by atoms with Crippen LogP contribution in [-0.4, -0.2) is 36.4 Å². The number of alkyl halides is 3. The third-order valence-corrected chi connectivity index (χ3v) is 6.62. The van der Waals surface area contributed by atoms with Gasteiger partial charge in [-0.3, -0.25) is 5.32 Å². The van der Waals surface area contributed by atoms with Gasteiger partial charge in [0.2, 0.25) is 0 Å². The second-order valence-corrected chi connectivity index (χ2v) is 10.0. The number of aryl methyl sites for hydroxylation is 1. The van der Waals surface area contributed by atoms with Crippen molar-refractivity contribution in [2.45, 2.75) is 32.7 Å². The van der Waals surface area contributed by atoms with Crippen LogP contribution in [0.5, 0.6) is 5.75 Å². The molecule has 0 radical (unpaired) electrons. The van der Waals surface area contributed by atoms with Crippen LogP contribution in [0.3, 0.4) is 0 Å². The molecule has 0 spiro atoms. The molecule has 0 bridgehead atoms. The number of carbonyl (C=O) groups is 1. The van der Waals surface area contributed by atoms with Gasteiger partial charge in [-0.2, -0.15) is 13.2 Å². The van der Waals surface area contributed by atoms with Crippen molar-refractivity contribution >= 4 is 44.4 Å².